The largest absolute Gasteiger partial charge is 0.481 e. The lowest BCUT2D eigenvalue weighted by atomic mass is 10.1. The summed E-state index contributed by atoms with van der Waals surface area (Å²) >= 11 is 0. The molecule has 0 aliphatic carbocycles. The van der Waals surface area contributed by atoms with Gasteiger partial charge in [-0.15, -0.1) is 0 Å². The number of carbonyl (C=O) groups is 1. The summed E-state index contributed by atoms with van der Waals surface area (Å²) in [5, 5.41) is 11.5. The first-order valence-corrected chi connectivity index (χ1v) is 7.50. The van der Waals surface area contributed by atoms with Gasteiger partial charge in [0.25, 0.3) is 5.91 Å². The predicted molar refractivity (Wildman–Crippen MR) is 90.4 cm³/mol. The number of carbonyl (C=O) groups excluding carboxylic acids is 1. The molecule has 0 radical (unpaired) electrons. The van der Waals surface area contributed by atoms with Crippen LogP contribution >= 0.6 is 0 Å². The summed E-state index contributed by atoms with van der Waals surface area (Å²) in [5.74, 6) is 0.469. The lowest BCUT2D eigenvalue weighted by molar-refractivity contribution is -0.122. The molecule has 0 bridgehead atoms. The van der Waals surface area contributed by atoms with Crippen molar-refractivity contribution in [1.82, 2.24) is 0 Å². The van der Waals surface area contributed by atoms with Crippen molar-refractivity contribution >= 4 is 11.6 Å². The zero-order valence-corrected chi connectivity index (χ0v) is 13.6. The quantitative estimate of drug-likeness (QED) is 0.914. The normalized spacial score (nSPS) is 11.4. The van der Waals surface area contributed by atoms with Crippen LogP contribution in [0.25, 0.3) is 0 Å². The van der Waals surface area contributed by atoms with Crippen molar-refractivity contribution in [3.8, 4) is 11.8 Å². The Balaban J connectivity index is 1.96. The van der Waals surface area contributed by atoms with E-state index in [4.69, 9.17) is 10.00 Å². The predicted octanol–water partition coefficient (Wildman–Crippen LogP) is 3.78. The Morgan fingerprint density at radius 2 is 1.87 bits per heavy atom. The molecule has 0 aliphatic heterocycles. The summed E-state index contributed by atoms with van der Waals surface area (Å²) in [6.07, 6.45) is -0.239. The third-order valence-electron chi connectivity index (χ3n) is 3.67. The average Bonchev–Trinajstić information content (AvgIpc) is 2.53. The van der Waals surface area contributed by atoms with Gasteiger partial charge in [0, 0.05) is 5.69 Å². The van der Waals surface area contributed by atoms with Crippen LogP contribution in [-0.2, 0) is 11.2 Å². The molecule has 0 spiro atoms. The molecule has 1 amide bonds. The number of anilines is 1. The Bertz CT molecular complexity index is 730. The van der Waals surface area contributed by atoms with Crippen LogP contribution in [0.3, 0.4) is 0 Å². The van der Waals surface area contributed by atoms with Crippen molar-refractivity contribution in [1.29, 1.82) is 5.26 Å². The lowest BCUT2D eigenvalue weighted by Gasteiger charge is -2.15. The summed E-state index contributed by atoms with van der Waals surface area (Å²) in [7, 11) is 0. The molecule has 0 unspecified atom stereocenters. The van der Waals surface area contributed by atoms with E-state index in [-0.39, 0.29) is 5.91 Å². The molecule has 4 nitrogen and oxygen atoms in total. The molecule has 1 atom stereocenters. The van der Waals surface area contributed by atoms with E-state index in [9.17, 15) is 4.79 Å². The molecule has 4 heteroatoms. The van der Waals surface area contributed by atoms with Crippen molar-refractivity contribution in [3.05, 3.63) is 59.2 Å². The average molecular weight is 308 g/mol. The number of benzene rings is 2. The monoisotopic (exact) mass is 308 g/mol. The molecular weight excluding hydrogens is 288 g/mol. The first-order chi connectivity index (χ1) is 11.0. The highest BCUT2D eigenvalue weighted by atomic mass is 16.5. The summed E-state index contributed by atoms with van der Waals surface area (Å²) < 4.78 is 5.69. The Labute approximate surface area is 136 Å². The second-order valence-electron chi connectivity index (χ2n) is 5.53. The second-order valence-corrected chi connectivity index (χ2v) is 5.53. The summed E-state index contributed by atoms with van der Waals surface area (Å²) in [4.78, 5) is 12.2. The summed E-state index contributed by atoms with van der Waals surface area (Å²) in [6, 6.07) is 15.1. The number of ether oxygens (including phenoxy) is 1. The molecule has 0 aliphatic rings. The molecule has 0 aromatic heterocycles. The molecule has 0 heterocycles. The van der Waals surface area contributed by atoms with Gasteiger partial charge in [0.1, 0.15) is 5.75 Å². The van der Waals surface area contributed by atoms with Gasteiger partial charge in [-0.05, 0) is 61.7 Å². The van der Waals surface area contributed by atoms with Crippen LogP contribution in [0.2, 0.25) is 0 Å². The molecule has 1 N–H and O–H groups in total. The van der Waals surface area contributed by atoms with Crippen LogP contribution in [0.5, 0.6) is 5.75 Å². The Kier molecular flexibility index (Phi) is 5.37. The fraction of sp³-hybridized carbons (Fsp3) is 0.263. The maximum Gasteiger partial charge on any atom is 0.265 e. The number of hydrogen-bond acceptors (Lipinski definition) is 3. The molecule has 0 saturated heterocycles. The van der Waals surface area contributed by atoms with Gasteiger partial charge in [-0.3, -0.25) is 4.79 Å². The van der Waals surface area contributed by atoms with Gasteiger partial charge in [-0.1, -0.05) is 18.2 Å². The van der Waals surface area contributed by atoms with E-state index >= 15 is 0 Å². The fourth-order valence-electron chi connectivity index (χ4n) is 2.09. The number of aryl methyl sites for hydroxylation is 2. The van der Waals surface area contributed by atoms with Crippen molar-refractivity contribution in [2.24, 2.45) is 0 Å². The Hall–Kier alpha value is -2.80. The summed E-state index contributed by atoms with van der Waals surface area (Å²) in [6.45, 7) is 5.76. The van der Waals surface area contributed by atoms with Crippen LogP contribution in [0.1, 0.15) is 23.6 Å². The topological polar surface area (TPSA) is 62.1 Å². The second kappa shape index (κ2) is 7.46. The first kappa shape index (κ1) is 16.6. The molecule has 0 saturated carbocycles. The molecule has 2 aromatic rings. The van der Waals surface area contributed by atoms with E-state index in [1.807, 2.05) is 44.2 Å². The van der Waals surface area contributed by atoms with Crippen molar-refractivity contribution in [2.45, 2.75) is 33.3 Å². The zero-order valence-electron chi connectivity index (χ0n) is 13.6. The van der Waals surface area contributed by atoms with Gasteiger partial charge >= 0.3 is 0 Å². The number of hydrogen-bond donors (Lipinski definition) is 1. The number of nitrogens with one attached hydrogen (secondary N) is 1. The fourth-order valence-corrected chi connectivity index (χ4v) is 2.09. The van der Waals surface area contributed by atoms with Gasteiger partial charge in [-0.2, -0.15) is 5.26 Å². The number of nitriles is 1. The van der Waals surface area contributed by atoms with Gasteiger partial charge in [0.05, 0.1) is 12.5 Å². The minimum atomic E-state index is -0.601. The van der Waals surface area contributed by atoms with E-state index in [1.165, 1.54) is 5.56 Å². The van der Waals surface area contributed by atoms with Crippen LogP contribution in [0.4, 0.5) is 5.69 Å². The van der Waals surface area contributed by atoms with Crippen LogP contribution in [0, 0.1) is 25.2 Å². The lowest BCUT2D eigenvalue weighted by Crippen LogP contribution is -2.30. The maximum absolute atomic E-state index is 12.2. The van der Waals surface area contributed by atoms with Gasteiger partial charge in [-0.25, -0.2) is 0 Å². The van der Waals surface area contributed by atoms with Crippen LogP contribution < -0.4 is 10.1 Å². The van der Waals surface area contributed by atoms with E-state index < -0.39 is 6.10 Å². The SMILES string of the molecule is Cc1ccc(O[C@@H](C)C(=O)Nc2ccc(CC#N)cc2)cc1C. The molecule has 2 rings (SSSR count). The molecule has 23 heavy (non-hydrogen) atoms. The number of nitrogens with zero attached hydrogens (tertiary/aromatic N) is 1. The van der Waals surface area contributed by atoms with E-state index in [0.717, 1.165) is 11.1 Å². The maximum atomic E-state index is 12.2. The van der Waals surface area contributed by atoms with Crippen LogP contribution in [0.15, 0.2) is 42.5 Å². The minimum Gasteiger partial charge on any atom is -0.481 e. The summed E-state index contributed by atoms with van der Waals surface area (Å²) in [5.41, 5.74) is 3.92. The highest BCUT2D eigenvalue weighted by Crippen LogP contribution is 2.18. The third-order valence-corrected chi connectivity index (χ3v) is 3.67. The van der Waals surface area contributed by atoms with E-state index in [1.54, 1.807) is 19.1 Å². The smallest absolute Gasteiger partial charge is 0.265 e. The van der Waals surface area contributed by atoms with E-state index in [0.29, 0.717) is 17.9 Å². The Morgan fingerprint density at radius 1 is 1.17 bits per heavy atom. The van der Waals surface area contributed by atoms with Crippen molar-refractivity contribution in [2.75, 3.05) is 5.32 Å². The van der Waals surface area contributed by atoms with Gasteiger partial charge < -0.3 is 10.1 Å². The molecular formula is C19H20N2O2. The highest BCUT2D eigenvalue weighted by Gasteiger charge is 2.15. The molecule has 0 fully saturated rings. The first-order valence-electron chi connectivity index (χ1n) is 7.50. The van der Waals surface area contributed by atoms with Crippen LogP contribution in [-0.4, -0.2) is 12.0 Å². The number of amides is 1. The standard InChI is InChI=1S/C19H20N2O2/c1-13-4-9-18(12-14(13)2)23-15(3)19(22)21-17-7-5-16(6-8-17)10-11-20/h4-9,12,15H,10H2,1-3H3,(H,21,22)/t15-/m0/s1. The molecule has 118 valence electrons. The highest BCUT2D eigenvalue weighted by molar-refractivity contribution is 5.94. The molecule has 2 aromatic carbocycles. The third kappa shape index (κ3) is 4.58. The van der Waals surface area contributed by atoms with Gasteiger partial charge in [0.2, 0.25) is 0 Å². The van der Waals surface area contributed by atoms with Gasteiger partial charge in [0.15, 0.2) is 6.10 Å². The minimum absolute atomic E-state index is 0.212. The number of rotatable bonds is 5. The zero-order chi connectivity index (χ0) is 16.8. The Morgan fingerprint density at radius 3 is 2.48 bits per heavy atom. The van der Waals surface area contributed by atoms with Crippen molar-refractivity contribution < 1.29 is 9.53 Å². The van der Waals surface area contributed by atoms with Crippen molar-refractivity contribution in [3.63, 3.8) is 0 Å². The van der Waals surface area contributed by atoms with E-state index in [2.05, 4.69) is 11.4 Å².